The van der Waals surface area contributed by atoms with Crippen molar-refractivity contribution >= 4 is 27.9 Å². The van der Waals surface area contributed by atoms with Crippen LogP contribution in [0.15, 0.2) is 30.6 Å². The number of hydrogen-bond acceptors (Lipinski definition) is 8. The monoisotopic (exact) mass is 570 g/mol. The largest absolute Gasteiger partial charge is 0.508 e. The first-order chi connectivity index (χ1) is 20.2. The molecule has 2 aromatic carbocycles. The van der Waals surface area contributed by atoms with Crippen molar-refractivity contribution in [2.24, 2.45) is 0 Å². The highest BCUT2D eigenvalue weighted by molar-refractivity contribution is 5.92. The van der Waals surface area contributed by atoms with Crippen LogP contribution in [0.3, 0.4) is 0 Å². The van der Waals surface area contributed by atoms with Crippen LogP contribution >= 0.6 is 0 Å². The van der Waals surface area contributed by atoms with Gasteiger partial charge in [-0.3, -0.25) is 4.90 Å². The number of ether oxygens (including phenoxy) is 1. The molecule has 3 fully saturated rings. The average molecular weight is 571 g/mol. The fourth-order valence-electron chi connectivity index (χ4n) is 7.08. The zero-order valence-corrected chi connectivity index (χ0v) is 23.8. The predicted molar refractivity (Wildman–Crippen MR) is 158 cm³/mol. The molecule has 9 nitrogen and oxygen atoms in total. The lowest BCUT2D eigenvalue weighted by Gasteiger charge is -2.36. The topological polar surface area (TPSA) is 99.8 Å². The van der Waals surface area contributed by atoms with E-state index in [1.807, 2.05) is 11.5 Å². The minimum Gasteiger partial charge on any atom is -0.508 e. The SMILES string of the molecule is C#Cc1c(F)ccc2cc(O)cc(Cn3cnc4c(OCC56CCCN5CCC6)nc(N5CCC(C)(O)CC5)nc43)c12. The van der Waals surface area contributed by atoms with Crippen molar-refractivity contribution in [2.75, 3.05) is 37.7 Å². The van der Waals surface area contributed by atoms with Crippen LogP contribution in [0.1, 0.15) is 56.6 Å². The smallest absolute Gasteiger partial charge is 0.247 e. The highest BCUT2D eigenvalue weighted by Crippen LogP contribution is 2.40. The maximum Gasteiger partial charge on any atom is 0.247 e. The van der Waals surface area contributed by atoms with E-state index in [0.717, 1.165) is 25.9 Å². The number of terminal acetylenes is 1. The van der Waals surface area contributed by atoms with E-state index in [0.29, 0.717) is 71.9 Å². The molecule has 42 heavy (non-hydrogen) atoms. The Morgan fingerprint density at radius 1 is 1.07 bits per heavy atom. The van der Waals surface area contributed by atoms with Gasteiger partial charge in [-0.15, -0.1) is 6.42 Å². The van der Waals surface area contributed by atoms with Gasteiger partial charge in [0.1, 0.15) is 18.2 Å². The lowest BCUT2D eigenvalue weighted by molar-refractivity contribution is 0.0348. The number of piperidine rings is 1. The molecule has 3 aliphatic heterocycles. The summed E-state index contributed by atoms with van der Waals surface area (Å²) >= 11 is 0. The number of phenolic OH excluding ortho intramolecular Hbond substituents is 1. The molecular formula is C32H35FN6O3. The van der Waals surface area contributed by atoms with Gasteiger partial charge in [-0.25, -0.2) is 9.37 Å². The van der Waals surface area contributed by atoms with E-state index in [9.17, 15) is 14.6 Å². The lowest BCUT2D eigenvalue weighted by Crippen LogP contribution is -2.44. The minimum absolute atomic E-state index is 0.0417. The van der Waals surface area contributed by atoms with E-state index in [1.165, 1.54) is 18.9 Å². The maximum absolute atomic E-state index is 14.7. The zero-order valence-electron chi connectivity index (χ0n) is 23.8. The molecule has 4 aromatic rings. The molecule has 3 aliphatic rings. The van der Waals surface area contributed by atoms with Crippen LogP contribution < -0.4 is 9.64 Å². The number of nitrogens with zero attached hydrogens (tertiary/aromatic N) is 6. The van der Waals surface area contributed by atoms with Gasteiger partial charge in [0, 0.05) is 18.5 Å². The summed E-state index contributed by atoms with van der Waals surface area (Å²) in [4.78, 5) is 19.1. The molecule has 7 rings (SSSR count). The Kier molecular flexibility index (Phi) is 6.48. The molecule has 0 amide bonds. The molecule has 218 valence electrons. The summed E-state index contributed by atoms with van der Waals surface area (Å²) in [5, 5.41) is 22.2. The number of hydrogen-bond donors (Lipinski definition) is 2. The second-order valence-corrected chi connectivity index (χ2v) is 12.3. The Morgan fingerprint density at radius 2 is 1.83 bits per heavy atom. The van der Waals surface area contributed by atoms with Crippen molar-refractivity contribution in [1.29, 1.82) is 0 Å². The third-order valence-corrected chi connectivity index (χ3v) is 9.45. The molecule has 10 heteroatoms. The van der Waals surface area contributed by atoms with Crippen LogP contribution in [-0.4, -0.2) is 78.6 Å². The Morgan fingerprint density at radius 3 is 2.57 bits per heavy atom. The van der Waals surface area contributed by atoms with Gasteiger partial charge in [0.05, 0.1) is 29.6 Å². The first kappa shape index (κ1) is 26.9. The van der Waals surface area contributed by atoms with E-state index >= 15 is 0 Å². The molecule has 0 saturated carbocycles. The van der Waals surface area contributed by atoms with Gasteiger partial charge in [0.25, 0.3) is 0 Å². The van der Waals surface area contributed by atoms with Crippen molar-refractivity contribution in [1.82, 2.24) is 24.4 Å². The molecule has 0 aliphatic carbocycles. The molecule has 0 atom stereocenters. The summed E-state index contributed by atoms with van der Waals surface area (Å²) in [7, 11) is 0. The van der Waals surface area contributed by atoms with Gasteiger partial charge in [-0.2, -0.15) is 9.97 Å². The number of imidazole rings is 1. The van der Waals surface area contributed by atoms with E-state index in [2.05, 4.69) is 20.7 Å². The standard InChI is InChI=1S/C32H35FN6O3/c1-3-24-25(33)7-6-21-16-23(40)17-22(26(21)24)18-38-20-34-27-28(38)35-30(37-14-10-31(2,41)11-15-37)36-29(27)42-19-32-8-4-12-39(32)13-5-9-32/h1,6-7,16-17,20,40-41H,4-5,8-15,18-19H2,2H3. The van der Waals surface area contributed by atoms with Crippen LogP contribution in [0.2, 0.25) is 0 Å². The van der Waals surface area contributed by atoms with Crippen LogP contribution in [0.25, 0.3) is 21.9 Å². The van der Waals surface area contributed by atoms with Gasteiger partial charge < -0.3 is 24.4 Å². The van der Waals surface area contributed by atoms with E-state index in [1.54, 1.807) is 24.5 Å². The summed E-state index contributed by atoms with van der Waals surface area (Å²) < 4.78 is 23.1. The van der Waals surface area contributed by atoms with Crippen molar-refractivity contribution in [3.63, 3.8) is 0 Å². The number of benzene rings is 2. The highest BCUT2D eigenvalue weighted by atomic mass is 19.1. The number of aliphatic hydroxyl groups is 1. The van der Waals surface area contributed by atoms with Crippen molar-refractivity contribution in [3.05, 3.63) is 47.5 Å². The molecule has 3 saturated heterocycles. The number of aromatic hydroxyl groups is 1. The summed E-state index contributed by atoms with van der Waals surface area (Å²) in [6.45, 7) is 6.10. The Hall–Kier alpha value is -3.94. The Labute approximate surface area is 244 Å². The molecular weight excluding hydrogens is 535 g/mol. The van der Waals surface area contributed by atoms with Crippen LogP contribution in [0.4, 0.5) is 10.3 Å². The van der Waals surface area contributed by atoms with Crippen LogP contribution in [-0.2, 0) is 6.54 Å². The van der Waals surface area contributed by atoms with E-state index < -0.39 is 11.4 Å². The van der Waals surface area contributed by atoms with Crippen molar-refractivity contribution < 1.29 is 19.3 Å². The van der Waals surface area contributed by atoms with E-state index in [4.69, 9.17) is 21.1 Å². The number of anilines is 1. The molecule has 2 N–H and O–H groups in total. The van der Waals surface area contributed by atoms with Crippen LogP contribution in [0, 0.1) is 18.2 Å². The Bertz CT molecular complexity index is 1710. The molecule has 0 bridgehead atoms. The summed E-state index contributed by atoms with van der Waals surface area (Å²) in [6.07, 6.45) is 13.2. The summed E-state index contributed by atoms with van der Waals surface area (Å²) in [5.41, 5.74) is 1.27. The summed E-state index contributed by atoms with van der Waals surface area (Å²) in [5.74, 6) is 3.03. The first-order valence-electron chi connectivity index (χ1n) is 14.7. The normalized spacial score (nSPS) is 19.8. The third kappa shape index (κ3) is 4.61. The second-order valence-electron chi connectivity index (χ2n) is 12.3. The molecule has 2 aromatic heterocycles. The number of rotatable bonds is 6. The van der Waals surface area contributed by atoms with Gasteiger partial charge in [0.15, 0.2) is 11.2 Å². The quantitative estimate of drug-likeness (QED) is 0.333. The van der Waals surface area contributed by atoms with E-state index in [-0.39, 0.29) is 23.4 Å². The maximum atomic E-state index is 14.7. The van der Waals surface area contributed by atoms with Gasteiger partial charge in [-0.1, -0.05) is 12.0 Å². The Balaban J connectivity index is 1.30. The predicted octanol–water partition coefficient (Wildman–Crippen LogP) is 4.21. The molecule has 0 unspecified atom stereocenters. The van der Waals surface area contributed by atoms with Gasteiger partial charge in [-0.05, 0) is 87.7 Å². The number of phenols is 1. The zero-order chi connectivity index (χ0) is 29.1. The lowest BCUT2D eigenvalue weighted by atomic mass is 9.94. The number of aromatic nitrogens is 4. The van der Waals surface area contributed by atoms with Gasteiger partial charge in [0.2, 0.25) is 11.8 Å². The fourth-order valence-corrected chi connectivity index (χ4v) is 7.08. The highest BCUT2D eigenvalue weighted by Gasteiger charge is 2.45. The fraction of sp³-hybridized carbons (Fsp3) is 0.469. The second kappa shape index (κ2) is 10.1. The minimum atomic E-state index is -0.713. The average Bonchev–Trinajstić information content (AvgIpc) is 3.66. The van der Waals surface area contributed by atoms with Crippen LogP contribution in [0.5, 0.6) is 11.6 Å². The third-order valence-electron chi connectivity index (χ3n) is 9.45. The van der Waals surface area contributed by atoms with Crippen molar-refractivity contribution in [3.8, 4) is 24.0 Å². The molecule has 0 spiro atoms. The van der Waals surface area contributed by atoms with Gasteiger partial charge >= 0.3 is 0 Å². The summed E-state index contributed by atoms with van der Waals surface area (Å²) in [6, 6.07) is 6.13. The number of fused-ring (bicyclic) bond motifs is 3. The first-order valence-corrected chi connectivity index (χ1v) is 14.7. The molecule has 0 radical (unpaired) electrons. The number of halogens is 1. The molecule has 5 heterocycles. The van der Waals surface area contributed by atoms with Crippen molar-refractivity contribution in [2.45, 2.75) is 63.1 Å².